The van der Waals surface area contributed by atoms with Crippen molar-refractivity contribution >= 4 is 24.0 Å². The zero-order valence-corrected chi connectivity index (χ0v) is 17.2. The summed E-state index contributed by atoms with van der Waals surface area (Å²) in [5, 5.41) is 11.9. The molecule has 1 N–H and O–H groups in total. The molecule has 0 saturated heterocycles. The molecular weight excluding hydrogens is 358 g/mol. The van der Waals surface area contributed by atoms with Gasteiger partial charge in [-0.25, -0.2) is 4.98 Å². The number of aromatic nitrogens is 1. The van der Waals surface area contributed by atoms with Crippen LogP contribution in [0.3, 0.4) is 0 Å². The Kier molecular flexibility index (Phi) is 17.6. The molecule has 146 valence electrons. The van der Waals surface area contributed by atoms with Gasteiger partial charge in [0.2, 0.25) is 0 Å². The van der Waals surface area contributed by atoms with E-state index in [2.05, 4.69) is 46.3 Å². The number of nitrogens with zero attached hydrogens (tertiary/aromatic N) is 3. The van der Waals surface area contributed by atoms with Crippen LogP contribution in [-0.4, -0.2) is 49.2 Å². The number of ether oxygens (including phenoxy) is 2. The Labute approximate surface area is 197 Å². The first-order chi connectivity index (χ1) is 13.1. The normalized spacial score (nSPS) is 13.7. The number of methoxy groups -OCH3 is 1. The van der Waals surface area contributed by atoms with Gasteiger partial charge in [0.05, 0.1) is 13.2 Å². The monoisotopic (exact) mass is 380 g/mol. The van der Waals surface area contributed by atoms with Crippen LogP contribution < -0.4 is 47.8 Å². The SMILES string of the molecule is [CH-]=C[C-]=N[C-]=C(C=[N-])c1cccnc1OC1CC1.[CH2-]CN[C@@H]([CH2-])C(=O)OC.[Li+].[Li+]. The standard InChI is InChI=1S/C14H11N3O.C6H11NO2.2Li/c1-2-7-16-10-11(9-15)13-4-3-8-17-14(13)18-12-5-6-12;1-4-7-5(2)6(8)9-3;;/h1-4,8-9,12H,5-6H2;5,7H,1-2,4H2,3H3;;/q-4;-2;2*+1/t;5-;;/m.0../s1. The van der Waals surface area contributed by atoms with Crippen LogP contribution in [0.5, 0.6) is 5.88 Å². The molecular formula is C20H22Li2N4O3-4. The molecule has 0 spiro atoms. The maximum Gasteiger partial charge on any atom is 1.00 e. The summed E-state index contributed by atoms with van der Waals surface area (Å²) >= 11 is 0. The first kappa shape index (κ1) is 29.6. The molecule has 1 aromatic heterocycles. The van der Waals surface area contributed by atoms with Crippen molar-refractivity contribution in [3.63, 3.8) is 0 Å². The molecule has 9 heteroatoms. The molecule has 1 atom stereocenters. The molecule has 0 amide bonds. The number of aliphatic imine (C=N–C) groups is 1. The number of hydrogen-bond donors (Lipinski definition) is 1. The Morgan fingerprint density at radius 2 is 2.24 bits per heavy atom. The minimum Gasteiger partial charge on any atom is -0.911 e. The summed E-state index contributed by atoms with van der Waals surface area (Å²) < 4.78 is 10.0. The van der Waals surface area contributed by atoms with Crippen molar-refractivity contribution in [3.8, 4) is 5.88 Å². The second-order valence-corrected chi connectivity index (χ2v) is 5.27. The van der Waals surface area contributed by atoms with Crippen molar-refractivity contribution in [2.45, 2.75) is 25.0 Å². The molecule has 1 aliphatic carbocycles. The molecule has 0 unspecified atom stereocenters. The number of carbonyl (C=O) groups excluding carboxylic acids is 1. The largest absolute Gasteiger partial charge is 1.00 e. The number of rotatable bonds is 9. The van der Waals surface area contributed by atoms with Crippen LogP contribution in [0.1, 0.15) is 18.4 Å². The van der Waals surface area contributed by atoms with Gasteiger partial charge in [-0.1, -0.05) is 6.07 Å². The molecule has 0 radical (unpaired) electrons. The first-order valence-electron chi connectivity index (χ1n) is 8.22. The summed E-state index contributed by atoms with van der Waals surface area (Å²) in [7, 11) is 1.32. The van der Waals surface area contributed by atoms with Gasteiger partial charge in [-0.3, -0.25) is 10.4 Å². The quantitative estimate of drug-likeness (QED) is 0.205. The molecule has 2 rings (SSSR count). The molecule has 1 aromatic rings. The van der Waals surface area contributed by atoms with Crippen molar-refractivity contribution in [1.29, 1.82) is 0 Å². The van der Waals surface area contributed by atoms with E-state index in [1.807, 2.05) is 0 Å². The summed E-state index contributed by atoms with van der Waals surface area (Å²) in [6.45, 7) is 12.5. The smallest absolute Gasteiger partial charge is 0.911 e. The van der Waals surface area contributed by atoms with Crippen LogP contribution >= 0.6 is 0 Å². The van der Waals surface area contributed by atoms with Gasteiger partial charge in [0.15, 0.2) is 0 Å². The molecule has 0 aromatic carbocycles. The third kappa shape index (κ3) is 11.9. The van der Waals surface area contributed by atoms with Crippen LogP contribution in [0, 0.1) is 26.6 Å². The first-order valence-corrected chi connectivity index (χ1v) is 8.22. The summed E-state index contributed by atoms with van der Waals surface area (Å²) in [6, 6.07) is 3.04. The van der Waals surface area contributed by atoms with Crippen molar-refractivity contribution in [2.75, 3.05) is 13.7 Å². The van der Waals surface area contributed by atoms with Crippen molar-refractivity contribution in [2.24, 2.45) is 4.99 Å². The van der Waals surface area contributed by atoms with Crippen LogP contribution in [0.15, 0.2) is 29.4 Å². The van der Waals surface area contributed by atoms with Gasteiger partial charge in [0, 0.05) is 6.20 Å². The zero-order valence-electron chi connectivity index (χ0n) is 17.2. The third-order valence-electron chi connectivity index (χ3n) is 3.18. The summed E-state index contributed by atoms with van der Waals surface area (Å²) in [5.41, 5.74) is 1.00. The molecule has 0 bridgehead atoms. The van der Waals surface area contributed by atoms with Gasteiger partial charge in [0.1, 0.15) is 5.88 Å². The van der Waals surface area contributed by atoms with E-state index >= 15 is 0 Å². The van der Waals surface area contributed by atoms with Gasteiger partial charge in [-0.2, -0.15) is 12.4 Å². The zero-order chi connectivity index (χ0) is 20.1. The van der Waals surface area contributed by atoms with E-state index in [0.29, 0.717) is 23.6 Å². The number of hydrogen-bond acceptors (Lipinski definition) is 6. The predicted octanol–water partition coefficient (Wildman–Crippen LogP) is -3.86. The van der Waals surface area contributed by atoms with E-state index in [4.69, 9.17) is 11.3 Å². The number of nitrogens with one attached hydrogen (secondary N) is 1. The minimum absolute atomic E-state index is 0. The maximum absolute atomic E-state index is 10.5. The maximum atomic E-state index is 10.5. The molecule has 1 fully saturated rings. The average molecular weight is 380 g/mol. The Hall–Kier alpha value is -1.61. The van der Waals surface area contributed by atoms with Gasteiger partial charge in [-0.15, -0.1) is 18.2 Å². The summed E-state index contributed by atoms with van der Waals surface area (Å²) in [5.74, 6) is 0.110. The van der Waals surface area contributed by atoms with E-state index in [-0.39, 0.29) is 49.8 Å². The van der Waals surface area contributed by atoms with Crippen molar-refractivity contribution in [3.05, 3.63) is 62.0 Å². The van der Waals surface area contributed by atoms with Gasteiger partial charge in [-0.05, 0) is 18.9 Å². The van der Waals surface area contributed by atoms with Gasteiger partial charge >= 0.3 is 37.7 Å². The van der Waals surface area contributed by atoms with Crippen molar-refractivity contribution in [1.82, 2.24) is 10.3 Å². The second-order valence-electron chi connectivity index (χ2n) is 5.27. The molecule has 1 heterocycles. The Morgan fingerprint density at radius 3 is 2.76 bits per heavy atom. The van der Waals surface area contributed by atoms with Gasteiger partial charge < -0.3 is 57.9 Å². The van der Waals surface area contributed by atoms with Crippen LogP contribution in [-0.2, 0) is 9.53 Å². The van der Waals surface area contributed by atoms with E-state index in [9.17, 15) is 10.2 Å². The van der Waals surface area contributed by atoms with Crippen molar-refractivity contribution < 1.29 is 52.0 Å². The fraction of sp³-hybridized carbons (Fsp3) is 0.300. The molecule has 1 aliphatic rings. The fourth-order valence-corrected chi connectivity index (χ4v) is 1.72. The van der Waals surface area contributed by atoms with Gasteiger partial charge in [0.25, 0.3) is 5.97 Å². The van der Waals surface area contributed by atoms with E-state index < -0.39 is 6.04 Å². The number of allylic oxidation sites excluding steroid dienone is 2. The van der Waals surface area contributed by atoms with E-state index in [1.165, 1.54) is 7.11 Å². The summed E-state index contributed by atoms with van der Waals surface area (Å²) in [4.78, 5) is 18.4. The van der Waals surface area contributed by atoms with Crippen LogP contribution in [0.2, 0.25) is 0 Å². The number of pyridine rings is 1. The molecule has 1 saturated carbocycles. The third-order valence-corrected chi connectivity index (χ3v) is 3.18. The molecule has 29 heavy (non-hydrogen) atoms. The fourth-order valence-electron chi connectivity index (χ4n) is 1.72. The van der Waals surface area contributed by atoms with Crippen LogP contribution in [0.4, 0.5) is 0 Å². The molecule has 7 nitrogen and oxygen atoms in total. The predicted molar refractivity (Wildman–Crippen MR) is 105 cm³/mol. The molecule has 0 aliphatic heterocycles. The topological polar surface area (TPSA) is 95.1 Å². The van der Waals surface area contributed by atoms with E-state index in [1.54, 1.807) is 18.3 Å². The number of esters is 1. The summed E-state index contributed by atoms with van der Waals surface area (Å²) in [6.07, 6.45) is 11.0. The Morgan fingerprint density at radius 1 is 1.55 bits per heavy atom. The average Bonchev–Trinajstić information content (AvgIpc) is 3.50. The number of carbonyl (C=O) groups is 1. The minimum atomic E-state index is -0.493. The second kappa shape index (κ2) is 17.3. The Balaban J connectivity index is 0. The van der Waals surface area contributed by atoms with Crippen LogP contribution in [0.25, 0.3) is 11.0 Å². The Bertz CT molecular complexity index is 692. The van der Waals surface area contributed by atoms with E-state index in [0.717, 1.165) is 25.1 Å².